The standard InChI is InChI=1S/C41H50N8O11/c42-27-8-2-1-6-25-11-12-29(48(25)38(27)55)39(56)47-23-41(24-47,31-10-3-4-16-43-31)46-33(51)15-18-58-20-21-59-19-17-44-34(52)22-60-30-9-5-7-26-35(30)40(57)49(37(26)54)28-13-14-32(50)45-36(28)53/h3-5,7,9-10,16,25,27-29H,1-2,6,8,11-15,17-24,42H2,(H,44,52)(H,46,51)(H,45,50,53)/t25-,27+,28?,29+/m1/s1. The van der Waals surface area contributed by atoms with E-state index >= 15 is 0 Å². The third-order valence-corrected chi connectivity index (χ3v) is 11.6. The Morgan fingerprint density at radius 1 is 0.867 bits per heavy atom. The van der Waals surface area contributed by atoms with E-state index in [2.05, 4.69) is 20.9 Å². The summed E-state index contributed by atoms with van der Waals surface area (Å²) in [5.41, 5.74) is 5.93. The molecule has 1 aromatic heterocycles. The van der Waals surface area contributed by atoms with Gasteiger partial charge < -0.3 is 40.4 Å². The van der Waals surface area contributed by atoms with Crippen LogP contribution in [0.4, 0.5) is 0 Å². The van der Waals surface area contributed by atoms with Crippen LogP contribution < -0.4 is 26.4 Å². The number of nitrogens with zero attached hydrogens (tertiary/aromatic N) is 4. The van der Waals surface area contributed by atoms with Crippen molar-refractivity contribution in [1.29, 1.82) is 0 Å². The summed E-state index contributed by atoms with van der Waals surface area (Å²) in [5, 5.41) is 7.87. The number of hydrogen-bond acceptors (Lipinski definition) is 13. The van der Waals surface area contributed by atoms with E-state index in [1.54, 1.807) is 22.1 Å². The fourth-order valence-corrected chi connectivity index (χ4v) is 8.60. The van der Waals surface area contributed by atoms with Gasteiger partial charge in [0.25, 0.3) is 17.7 Å². The molecule has 0 bridgehead atoms. The van der Waals surface area contributed by atoms with Crippen LogP contribution in [0.25, 0.3) is 0 Å². The quantitative estimate of drug-likeness (QED) is 0.123. The van der Waals surface area contributed by atoms with Gasteiger partial charge >= 0.3 is 0 Å². The summed E-state index contributed by atoms with van der Waals surface area (Å²) in [6, 6.07) is 7.54. The second-order valence-electron chi connectivity index (χ2n) is 15.7. The first kappa shape index (κ1) is 42.3. The molecule has 19 nitrogen and oxygen atoms in total. The molecule has 2 aromatic rings. The van der Waals surface area contributed by atoms with Crippen LogP contribution in [-0.4, -0.2) is 144 Å². The maximum atomic E-state index is 13.8. The number of fused-ring (bicyclic) bond motifs is 2. The summed E-state index contributed by atoms with van der Waals surface area (Å²) in [5.74, 6) is -3.67. The highest BCUT2D eigenvalue weighted by atomic mass is 16.5. The van der Waals surface area contributed by atoms with Crippen LogP contribution in [0.1, 0.15) is 84.2 Å². The molecule has 7 rings (SSSR count). The van der Waals surface area contributed by atoms with E-state index in [-0.39, 0.29) is 106 Å². The van der Waals surface area contributed by atoms with Crippen LogP contribution in [-0.2, 0) is 43.8 Å². The van der Waals surface area contributed by atoms with Gasteiger partial charge in [0.15, 0.2) is 6.61 Å². The molecule has 5 aliphatic rings. The number of carbonyl (C=O) groups is 8. The fourth-order valence-electron chi connectivity index (χ4n) is 8.60. The summed E-state index contributed by atoms with van der Waals surface area (Å²) >= 11 is 0. The Hall–Kier alpha value is -5.79. The van der Waals surface area contributed by atoms with E-state index in [4.69, 9.17) is 19.9 Å². The average molecular weight is 831 g/mol. The molecule has 4 saturated heterocycles. The van der Waals surface area contributed by atoms with Crippen molar-refractivity contribution in [1.82, 2.24) is 35.6 Å². The number of amides is 8. The lowest BCUT2D eigenvalue weighted by atomic mass is 9.84. The van der Waals surface area contributed by atoms with Gasteiger partial charge in [-0.25, -0.2) is 0 Å². The van der Waals surface area contributed by atoms with Crippen molar-refractivity contribution in [2.75, 3.05) is 52.7 Å². The highest BCUT2D eigenvalue weighted by Gasteiger charge is 2.53. The minimum atomic E-state index is -1.12. The number of rotatable bonds is 16. The van der Waals surface area contributed by atoms with Gasteiger partial charge in [-0.1, -0.05) is 25.0 Å². The number of hydrogen-bond donors (Lipinski definition) is 4. The molecule has 5 aliphatic heterocycles. The topological polar surface area (TPSA) is 249 Å². The van der Waals surface area contributed by atoms with E-state index in [1.165, 1.54) is 18.2 Å². The number of carbonyl (C=O) groups excluding carboxylic acids is 8. The zero-order valence-corrected chi connectivity index (χ0v) is 33.2. The van der Waals surface area contributed by atoms with Crippen molar-refractivity contribution in [2.45, 2.75) is 87.5 Å². The highest BCUT2D eigenvalue weighted by Crippen LogP contribution is 2.37. The first-order valence-electron chi connectivity index (χ1n) is 20.5. The number of pyridine rings is 1. The van der Waals surface area contributed by atoms with Gasteiger partial charge in [-0.3, -0.25) is 53.6 Å². The van der Waals surface area contributed by atoms with Crippen molar-refractivity contribution in [3.63, 3.8) is 0 Å². The maximum absolute atomic E-state index is 13.8. The van der Waals surface area contributed by atoms with Crippen LogP contribution in [0.3, 0.4) is 0 Å². The molecule has 1 aromatic carbocycles. The SMILES string of the molecule is N[C@H]1CCCC[C@@H]2CC[C@@H](C(=O)N3CC(NC(=O)CCOCCOCCNC(=O)COc4cccc5c4C(=O)N(C4CCC(=O)NC4=O)C5=O)(c4ccccn4)C3)N2C1=O. The Balaban J connectivity index is 0.789. The summed E-state index contributed by atoms with van der Waals surface area (Å²) in [7, 11) is 0. The third-order valence-electron chi connectivity index (χ3n) is 11.6. The van der Waals surface area contributed by atoms with E-state index in [9.17, 15) is 38.4 Å². The van der Waals surface area contributed by atoms with E-state index in [1.807, 2.05) is 12.1 Å². The smallest absolute Gasteiger partial charge is 0.266 e. The average Bonchev–Trinajstić information content (AvgIpc) is 3.76. The predicted molar refractivity (Wildman–Crippen MR) is 209 cm³/mol. The zero-order chi connectivity index (χ0) is 42.4. The second kappa shape index (κ2) is 18.6. The minimum Gasteiger partial charge on any atom is -0.483 e. The number of aromatic nitrogens is 1. The van der Waals surface area contributed by atoms with E-state index < -0.39 is 59.8 Å². The number of nitrogens with one attached hydrogen (secondary N) is 3. The third kappa shape index (κ3) is 9.02. The predicted octanol–water partition coefficient (Wildman–Crippen LogP) is -0.484. The molecule has 5 N–H and O–H groups in total. The van der Waals surface area contributed by atoms with Gasteiger partial charge in [0, 0.05) is 31.6 Å². The zero-order valence-electron chi connectivity index (χ0n) is 33.2. The fraction of sp³-hybridized carbons (Fsp3) is 0.537. The summed E-state index contributed by atoms with van der Waals surface area (Å²) < 4.78 is 16.7. The summed E-state index contributed by atoms with van der Waals surface area (Å²) in [6.45, 7) is 0.818. The van der Waals surface area contributed by atoms with E-state index in [0.29, 0.717) is 18.5 Å². The molecular formula is C41H50N8O11. The Labute approximate surface area is 346 Å². The molecule has 6 heterocycles. The molecular weight excluding hydrogens is 780 g/mol. The van der Waals surface area contributed by atoms with Crippen molar-refractivity contribution < 1.29 is 52.6 Å². The van der Waals surface area contributed by atoms with Crippen LogP contribution in [0.15, 0.2) is 42.6 Å². The highest BCUT2D eigenvalue weighted by molar-refractivity contribution is 6.24. The second-order valence-corrected chi connectivity index (χ2v) is 15.7. The molecule has 4 fully saturated rings. The van der Waals surface area contributed by atoms with Crippen LogP contribution >= 0.6 is 0 Å². The lowest BCUT2D eigenvalue weighted by Crippen LogP contribution is -2.71. The normalized spacial score (nSPS) is 23.6. The van der Waals surface area contributed by atoms with Gasteiger partial charge in [-0.05, 0) is 56.4 Å². The Kier molecular flexibility index (Phi) is 13.2. The van der Waals surface area contributed by atoms with Crippen LogP contribution in [0.5, 0.6) is 5.75 Å². The minimum absolute atomic E-state index is 0.00777. The number of nitrogens with two attached hydrogens (primary N) is 1. The molecule has 19 heteroatoms. The summed E-state index contributed by atoms with van der Waals surface area (Å²) in [4.78, 5) is 111. The molecule has 0 aliphatic carbocycles. The first-order chi connectivity index (χ1) is 29.0. The number of ether oxygens (including phenoxy) is 3. The van der Waals surface area contributed by atoms with Gasteiger partial charge in [0.05, 0.1) is 62.4 Å². The number of likely N-dealkylation sites (tertiary alicyclic amines) is 1. The first-order valence-corrected chi connectivity index (χ1v) is 20.5. The Morgan fingerprint density at radius 2 is 1.65 bits per heavy atom. The molecule has 0 spiro atoms. The van der Waals surface area contributed by atoms with Gasteiger partial charge in [0.1, 0.15) is 23.4 Å². The summed E-state index contributed by atoms with van der Waals surface area (Å²) in [6.07, 6.45) is 6.43. The molecule has 60 heavy (non-hydrogen) atoms. The molecule has 0 saturated carbocycles. The molecule has 1 unspecified atom stereocenters. The molecule has 8 amide bonds. The number of imide groups is 2. The lowest BCUT2D eigenvalue weighted by Gasteiger charge is -2.51. The Bertz CT molecular complexity index is 2010. The largest absolute Gasteiger partial charge is 0.483 e. The maximum Gasteiger partial charge on any atom is 0.266 e. The molecule has 0 radical (unpaired) electrons. The lowest BCUT2D eigenvalue weighted by molar-refractivity contribution is -0.153. The van der Waals surface area contributed by atoms with Gasteiger partial charge in [-0.2, -0.15) is 0 Å². The monoisotopic (exact) mass is 830 g/mol. The van der Waals surface area contributed by atoms with Gasteiger partial charge in [-0.15, -0.1) is 0 Å². The van der Waals surface area contributed by atoms with Crippen LogP contribution in [0, 0.1) is 0 Å². The number of benzene rings is 1. The van der Waals surface area contributed by atoms with Crippen molar-refractivity contribution in [2.24, 2.45) is 5.73 Å². The molecule has 4 atom stereocenters. The van der Waals surface area contributed by atoms with Gasteiger partial charge in [0.2, 0.25) is 29.5 Å². The Morgan fingerprint density at radius 3 is 2.42 bits per heavy atom. The van der Waals surface area contributed by atoms with Crippen LogP contribution in [0.2, 0.25) is 0 Å². The van der Waals surface area contributed by atoms with Crippen molar-refractivity contribution >= 4 is 47.3 Å². The van der Waals surface area contributed by atoms with Crippen molar-refractivity contribution in [3.8, 4) is 5.75 Å². The number of piperidine rings is 1. The van der Waals surface area contributed by atoms with Crippen molar-refractivity contribution in [3.05, 3.63) is 59.4 Å². The molecule has 320 valence electrons. The van der Waals surface area contributed by atoms with E-state index in [0.717, 1.165) is 30.6 Å².